The summed E-state index contributed by atoms with van der Waals surface area (Å²) in [6.07, 6.45) is -0.0340. The van der Waals surface area contributed by atoms with Gasteiger partial charge in [0.2, 0.25) is 0 Å². The normalized spacial score (nSPS) is 12.4. The highest BCUT2D eigenvalue weighted by Gasteiger charge is 2.37. The molecule has 0 bridgehead atoms. The van der Waals surface area contributed by atoms with Crippen molar-refractivity contribution in [1.82, 2.24) is 9.97 Å². The SMILES string of the molecule is NC(c1ccncc1)C(F)(F)F.NCc1ccnc2ccccc12. The molecule has 0 aliphatic rings. The summed E-state index contributed by atoms with van der Waals surface area (Å²) in [7, 11) is 0. The number of halogens is 3. The molecule has 2 heterocycles. The van der Waals surface area contributed by atoms with Crippen molar-refractivity contribution in [3.05, 3.63) is 72.2 Å². The van der Waals surface area contributed by atoms with Gasteiger partial charge in [-0.15, -0.1) is 0 Å². The van der Waals surface area contributed by atoms with E-state index in [0.29, 0.717) is 6.54 Å². The van der Waals surface area contributed by atoms with Crippen LogP contribution < -0.4 is 11.5 Å². The van der Waals surface area contributed by atoms with Gasteiger partial charge < -0.3 is 11.5 Å². The van der Waals surface area contributed by atoms with E-state index in [0.717, 1.165) is 16.5 Å². The lowest BCUT2D eigenvalue weighted by Crippen LogP contribution is -2.28. The number of aromatic nitrogens is 2. The Kier molecular flexibility index (Phi) is 5.83. The molecule has 0 amide bonds. The molecule has 0 saturated carbocycles. The van der Waals surface area contributed by atoms with E-state index in [1.807, 2.05) is 30.3 Å². The predicted molar refractivity (Wildman–Crippen MR) is 86.9 cm³/mol. The number of alkyl halides is 3. The first-order valence-electron chi connectivity index (χ1n) is 7.18. The molecule has 1 unspecified atom stereocenters. The molecular weight excluding hydrogens is 317 g/mol. The Bertz CT molecular complexity index is 770. The fourth-order valence-corrected chi connectivity index (χ4v) is 2.09. The minimum Gasteiger partial charge on any atom is -0.326 e. The summed E-state index contributed by atoms with van der Waals surface area (Å²) >= 11 is 0. The number of para-hydroxylation sites is 1. The molecule has 1 aromatic carbocycles. The molecule has 4 N–H and O–H groups in total. The van der Waals surface area contributed by atoms with Crippen molar-refractivity contribution in [2.45, 2.75) is 18.8 Å². The third-order valence-corrected chi connectivity index (χ3v) is 3.38. The third-order valence-electron chi connectivity index (χ3n) is 3.38. The number of pyridine rings is 2. The van der Waals surface area contributed by atoms with Gasteiger partial charge in [-0.1, -0.05) is 18.2 Å². The maximum atomic E-state index is 12.0. The van der Waals surface area contributed by atoms with Crippen LogP contribution in [0.5, 0.6) is 0 Å². The minimum absolute atomic E-state index is 0.0255. The molecule has 0 aliphatic carbocycles. The number of nitrogens with two attached hydrogens (primary N) is 2. The fraction of sp³-hybridized carbons (Fsp3) is 0.176. The summed E-state index contributed by atoms with van der Waals surface area (Å²) in [5.74, 6) is 0. The van der Waals surface area contributed by atoms with Crippen molar-refractivity contribution in [2.75, 3.05) is 0 Å². The molecule has 0 saturated heterocycles. The second kappa shape index (κ2) is 7.85. The molecule has 7 heteroatoms. The Hall–Kier alpha value is -2.51. The van der Waals surface area contributed by atoms with Crippen molar-refractivity contribution in [1.29, 1.82) is 0 Å². The van der Waals surface area contributed by atoms with Crippen LogP contribution in [0.4, 0.5) is 13.2 Å². The molecule has 24 heavy (non-hydrogen) atoms. The maximum absolute atomic E-state index is 12.0. The molecule has 0 radical (unpaired) electrons. The van der Waals surface area contributed by atoms with Crippen LogP contribution in [-0.2, 0) is 6.54 Å². The van der Waals surface area contributed by atoms with Crippen LogP contribution in [0.2, 0.25) is 0 Å². The van der Waals surface area contributed by atoms with Gasteiger partial charge in [0, 0.05) is 30.5 Å². The number of hydrogen-bond acceptors (Lipinski definition) is 4. The zero-order chi connectivity index (χ0) is 17.6. The van der Waals surface area contributed by atoms with Crippen LogP contribution in [0.3, 0.4) is 0 Å². The lowest BCUT2D eigenvalue weighted by atomic mass is 10.1. The van der Waals surface area contributed by atoms with Crippen LogP contribution >= 0.6 is 0 Å². The summed E-state index contributed by atoms with van der Waals surface area (Å²) in [5.41, 5.74) is 12.7. The van der Waals surface area contributed by atoms with Crippen LogP contribution in [-0.4, -0.2) is 16.1 Å². The molecule has 3 aromatic rings. The Morgan fingerprint density at radius 2 is 1.62 bits per heavy atom. The van der Waals surface area contributed by atoms with E-state index in [-0.39, 0.29) is 5.56 Å². The van der Waals surface area contributed by atoms with Gasteiger partial charge in [-0.05, 0) is 35.4 Å². The average Bonchev–Trinajstić information content (AvgIpc) is 2.61. The average molecular weight is 334 g/mol. The largest absolute Gasteiger partial charge is 0.407 e. The van der Waals surface area contributed by atoms with Crippen LogP contribution in [0, 0.1) is 0 Å². The Balaban J connectivity index is 0.000000174. The number of nitrogens with zero attached hydrogens (tertiary/aromatic N) is 2. The highest BCUT2D eigenvalue weighted by Crippen LogP contribution is 2.29. The quantitative estimate of drug-likeness (QED) is 0.753. The Morgan fingerprint density at radius 3 is 2.25 bits per heavy atom. The lowest BCUT2D eigenvalue weighted by Gasteiger charge is -2.14. The minimum atomic E-state index is -4.39. The van der Waals surface area contributed by atoms with E-state index in [2.05, 4.69) is 9.97 Å². The van der Waals surface area contributed by atoms with Crippen molar-refractivity contribution in [3.8, 4) is 0 Å². The molecule has 126 valence electrons. The van der Waals surface area contributed by atoms with Crippen LogP contribution in [0.15, 0.2) is 61.1 Å². The summed E-state index contributed by atoms with van der Waals surface area (Å²) in [6.45, 7) is 0.572. The molecule has 4 nitrogen and oxygen atoms in total. The molecular formula is C17H17F3N4. The van der Waals surface area contributed by atoms with E-state index in [9.17, 15) is 13.2 Å². The molecule has 1 atom stereocenters. The summed E-state index contributed by atoms with van der Waals surface area (Å²) < 4.78 is 36.0. The second-order valence-electron chi connectivity index (χ2n) is 4.99. The predicted octanol–water partition coefficient (Wildman–Crippen LogP) is 3.34. The van der Waals surface area contributed by atoms with Gasteiger partial charge in [0.15, 0.2) is 0 Å². The van der Waals surface area contributed by atoms with Gasteiger partial charge in [0.05, 0.1) is 5.52 Å². The van der Waals surface area contributed by atoms with Crippen molar-refractivity contribution in [3.63, 3.8) is 0 Å². The van der Waals surface area contributed by atoms with Crippen LogP contribution in [0.1, 0.15) is 17.2 Å². The fourth-order valence-electron chi connectivity index (χ4n) is 2.09. The zero-order valence-corrected chi connectivity index (χ0v) is 12.7. The van der Waals surface area contributed by atoms with Gasteiger partial charge in [-0.3, -0.25) is 9.97 Å². The first kappa shape index (κ1) is 17.8. The van der Waals surface area contributed by atoms with E-state index >= 15 is 0 Å². The smallest absolute Gasteiger partial charge is 0.326 e. The Labute approximate surface area is 137 Å². The van der Waals surface area contributed by atoms with Crippen molar-refractivity contribution < 1.29 is 13.2 Å². The standard InChI is InChI=1S/C10H10N2.C7H7F3N2/c11-7-8-5-6-12-10-4-2-1-3-9(8)10;8-7(9,10)6(11)5-1-3-12-4-2-5/h1-6H,7,11H2;1-4,6H,11H2. The molecule has 3 rings (SSSR count). The van der Waals surface area contributed by atoms with Crippen molar-refractivity contribution >= 4 is 10.9 Å². The van der Waals surface area contributed by atoms with Crippen molar-refractivity contribution in [2.24, 2.45) is 11.5 Å². The zero-order valence-electron chi connectivity index (χ0n) is 12.7. The molecule has 0 fully saturated rings. The second-order valence-corrected chi connectivity index (χ2v) is 4.99. The van der Waals surface area contributed by atoms with Gasteiger partial charge >= 0.3 is 6.18 Å². The van der Waals surface area contributed by atoms with Gasteiger partial charge in [-0.25, -0.2) is 0 Å². The van der Waals surface area contributed by atoms with Gasteiger partial charge in [0.25, 0.3) is 0 Å². The van der Waals surface area contributed by atoms with E-state index in [1.54, 1.807) is 6.20 Å². The number of hydrogen-bond donors (Lipinski definition) is 2. The monoisotopic (exact) mass is 334 g/mol. The summed E-state index contributed by atoms with van der Waals surface area (Å²) in [5, 5.41) is 1.16. The topological polar surface area (TPSA) is 77.8 Å². The number of fused-ring (bicyclic) bond motifs is 1. The highest BCUT2D eigenvalue weighted by atomic mass is 19.4. The molecule has 0 spiro atoms. The number of benzene rings is 1. The maximum Gasteiger partial charge on any atom is 0.407 e. The first-order chi connectivity index (χ1) is 11.4. The van der Waals surface area contributed by atoms with Gasteiger partial charge in [-0.2, -0.15) is 13.2 Å². The molecule has 0 aliphatic heterocycles. The number of rotatable bonds is 2. The van der Waals surface area contributed by atoms with E-state index in [4.69, 9.17) is 11.5 Å². The lowest BCUT2D eigenvalue weighted by molar-refractivity contribution is -0.149. The summed E-state index contributed by atoms with van der Waals surface area (Å²) in [4.78, 5) is 7.82. The first-order valence-corrected chi connectivity index (χ1v) is 7.18. The van der Waals surface area contributed by atoms with Crippen LogP contribution in [0.25, 0.3) is 10.9 Å². The van der Waals surface area contributed by atoms with Gasteiger partial charge in [0.1, 0.15) is 6.04 Å². The highest BCUT2D eigenvalue weighted by molar-refractivity contribution is 5.81. The summed E-state index contributed by atoms with van der Waals surface area (Å²) in [6, 6.07) is 10.6. The van der Waals surface area contributed by atoms with E-state index < -0.39 is 12.2 Å². The van der Waals surface area contributed by atoms with E-state index in [1.165, 1.54) is 24.5 Å². The molecule has 2 aromatic heterocycles. The third kappa shape index (κ3) is 4.50. The Morgan fingerprint density at radius 1 is 0.958 bits per heavy atom.